The van der Waals surface area contributed by atoms with E-state index in [4.69, 9.17) is 0 Å². The van der Waals surface area contributed by atoms with Crippen molar-refractivity contribution in [3.63, 3.8) is 0 Å². The molecule has 0 bridgehead atoms. The number of carbonyl (C=O) groups excluding carboxylic acids is 1. The van der Waals surface area contributed by atoms with Crippen LogP contribution in [0.15, 0.2) is 38.6 Å². The average molecular weight is 545 g/mol. The molecule has 8 nitrogen and oxygen atoms in total. The maximum Gasteiger partial charge on any atom is 0.251 e. The number of piperidine rings is 1. The van der Waals surface area contributed by atoms with Gasteiger partial charge in [-0.1, -0.05) is 0 Å². The molecule has 0 radical (unpaired) electrons. The lowest BCUT2D eigenvalue weighted by molar-refractivity contribution is -0.113. The van der Waals surface area contributed by atoms with Crippen LogP contribution >= 0.6 is 27.7 Å². The fraction of sp³-hybridized carbons (Fsp3) is 0.391. The Bertz CT molecular complexity index is 1370. The molecule has 1 unspecified atom stereocenters. The van der Waals surface area contributed by atoms with Gasteiger partial charge in [-0.2, -0.15) is 0 Å². The molecule has 0 aromatic carbocycles. The van der Waals surface area contributed by atoms with E-state index in [2.05, 4.69) is 41.4 Å². The van der Waals surface area contributed by atoms with Crippen molar-refractivity contribution in [2.24, 2.45) is 0 Å². The number of hydrogen-bond acceptors (Lipinski definition) is 7. The van der Waals surface area contributed by atoms with Gasteiger partial charge in [0.25, 0.3) is 5.56 Å². The highest BCUT2D eigenvalue weighted by Crippen LogP contribution is 2.37. The van der Waals surface area contributed by atoms with Crippen LogP contribution in [-0.4, -0.2) is 56.8 Å². The fourth-order valence-electron chi connectivity index (χ4n) is 5.14. The van der Waals surface area contributed by atoms with Crippen LogP contribution in [0, 0.1) is 5.82 Å². The van der Waals surface area contributed by atoms with Crippen molar-refractivity contribution in [3.05, 3.63) is 50.6 Å². The molecule has 1 atom stereocenters. The van der Waals surface area contributed by atoms with Gasteiger partial charge in [0.1, 0.15) is 17.5 Å². The molecule has 1 amide bonds. The van der Waals surface area contributed by atoms with Gasteiger partial charge in [-0.05, 0) is 40.9 Å². The average Bonchev–Trinajstić information content (AvgIpc) is 3.21. The second-order valence-electron chi connectivity index (χ2n) is 8.95. The Hall–Kier alpha value is -2.50. The lowest BCUT2D eigenvalue weighted by Crippen LogP contribution is -2.41. The SMILES string of the molecule is O=C1CSc2cc(Br)c(NC3CCN(CC4Cn5c(=O)ccc6ncc(F)c4c65)CC3)nc2N1. The molecule has 0 saturated carbocycles. The van der Waals surface area contributed by atoms with Crippen LogP contribution in [0.1, 0.15) is 24.3 Å². The summed E-state index contributed by atoms with van der Waals surface area (Å²) in [6, 6.07) is 5.42. The van der Waals surface area contributed by atoms with Crippen molar-refractivity contribution in [2.45, 2.75) is 36.2 Å². The number of rotatable bonds is 4. The number of halogens is 2. The Morgan fingerprint density at radius 2 is 2.09 bits per heavy atom. The summed E-state index contributed by atoms with van der Waals surface area (Å²) in [6.07, 6.45) is 3.10. The van der Waals surface area contributed by atoms with E-state index >= 15 is 0 Å². The normalized spacial score (nSPS) is 20.4. The van der Waals surface area contributed by atoms with E-state index in [-0.39, 0.29) is 29.2 Å². The largest absolute Gasteiger partial charge is 0.366 e. The first-order valence-electron chi connectivity index (χ1n) is 11.3. The predicted octanol–water partition coefficient (Wildman–Crippen LogP) is 3.41. The van der Waals surface area contributed by atoms with Gasteiger partial charge >= 0.3 is 0 Å². The number of aromatic nitrogens is 3. The van der Waals surface area contributed by atoms with Gasteiger partial charge in [0.2, 0.25) is 5.91 Å². The monoisotopic (exact) mass is 544 g/mol. The van der Waals surface area contributed by atoms with Crippen molar-refractivity contribution < 1.29 is 9.18 Å². The first kappa shape index (κ1) is 22.0. The molecule has 1 fully saturated rings. The van der Waals surface area contributed by atoms with Crippen LogP contribution in [0.5, 0.6) is 0 Å². The van der Waals surface area contributed by atoms with Crippen LogP contribution in [0.2, 0.25) is 0 Å². The predicted molar refractivity (Wildman–Crippen MR) is 133 cm³/mol. The zero-order chi connectivity index (χ0) is 23.4. The molecule has 176 valence electrons. The van der Waals surface area contributed by atoms with Crippen molar-refractivity contribution in [2.75, 3.05) is 36.0 Å². The highest BCUT2D eigenvalue weighted by Gasteiger charge is 2.32. The fourth-order valence-corrected chi connectivity index (χ4v) is 6.52. The lowest BCUT2D eigenvalue weighted by Gasteiger charge is -2.34. The molecule has 11 heteroatoms. The standard InChI is InChI=1S/C23H22BrFN6O2S/c24-14-7-17-23(28-18(32)11-34-17)29-22(14)27-13-3-5-30(6-4-13)9-12-10-31-19(33)2-1-16-21(31)20(12)15(25)8-26-16/h1-2,7-8,12-13H,3-6,9-11H2,(H2,27,28,29,32). The van der Waals surface area contributed by atoms with Gasteiger partial charge in [0.15, 0.2) is 0 Å². The van der Waals surface area contributed by atoms with E-state index in [1.54, 1.807) is 10.6 Å². The van der Waals surface area contributed by atoms with Gasteiger partial charge in [0.05, 0.1) is 32.4 Å². The van der Waals surface area contributed by atoms with Gasteiger partial charge in [-0.3, -0.25) is 14.6 Å². The smallest absolute Gasteiger partial charge is 0.251 e. The molecular formula is C23H22BrFN6O2S. The van der Waals surface area contributed by atoms with Crippen molar-refractivity contribution in [1.82, 2.24) is 19.4 Å². The third-order valence-electron chi connectivity index (χ3n) is 6.77. The Morgan fingerprint density at radius 3 is 2.91 bits per heavy atom. The number of amides is 1. The second kappa shape index (κ2) is 8.62. The number of thioether (sulfide) groups is 1. The zero-order valence-electron chi connectivity index (χ0n) is 18.2. The number of likely N-dealkylation sites (tertiary alicyclic amines) is 1. The maximum absolute atomic E-state index is 14.7. The molecule has 3 aromatic rings. The third-order valence-corrected chi connectivity index (χ3v) is 8.40. The number of nitrogens with one attached hydrogen (secondary N) is 2. The van der Waals surface area contributed by atoms with Gasteiger partial charge in [-0.25, -0.2) is 9.37 Å². The Morgan fingerprint density at radius 1 is 1.26 bits per heavy atom. The molecular weight excluding hydrogens is 523 g/mol. The summed E-state index contributed by atoms with van der Waals surface area (Å²) in [5, 5.41) is 6.35. The van der Waals surface area contributed by atoms with Crippen LogP contribution in [0.3, 0.4) is 0 Å². The lowest BCUT2D eigenvalue weighted by atomic mass is 9.98. The number of anilines is 2. The first-order valence-corrected chi connectivity index (χ1v) is 13.0. The highest BCUT2D eigenvalue weighted by atomic mass is 79.9. The summed E-state index contributed by atoms with van der Waals surface area (Å²) in [7, 11) is 0. The Labute approximate surface area is 207 Å². The number of carbonyl (C=O) groups is 1. The molecule has 6 rings (SSSR count). The molecule has 3 aromatic heterocycles. The molecule has 1 saturated heterocycles. The van der Waals surface area contributed by atoms with Crippen LogP contribution in [-0.2, 0) is 11.3 Å². The van der Waals surface area contributed by atoms with E-state index in [9.17, 15) is 14.0 Å². The number of hydrogen-bond donors (Lipinski definition) is 2. The highest BCUT2D eigenvalue weighted by molar-refractivity contribution is 9.10. The summed E-state index contributed by atoms with van der Waals surface area (Å²) in [4.78, 5) is 36.1. The number of nitrogens with zero attached hydrogens (tertiary/aromatic N) is 4. The minimum absolute atomic E-state index is 0.0363. The molecule has 34 heavy (non-hydrogen) atoms. The third kappa shape index (κ3) is 3.89. The summed E-state index contributed by atoms with van der Waals surface area (Å²) in [5.41, 5.74) is 1.82. The number of fused-ring (bicyclic) bond motifs is 1. The van der Waals surface area contributed by atoms with Gasteiger partial charge in [0, 0.05) is 49.8 Å². The Kier molecular flexibility index (Phi) is 5.57. The van der Waals surface area contributed by atoms with Crippen LogP contribution in [0.4, 0.5) is 16.0 Å². The molecule has 6 heterocycles. The van der Waals surface area contributed by atoms with Gasteiger partial charge < -0.3 is 20.1 Å². The van der Waals surface area contributed by atoms with Gasteiger partial charge in [-0.15, -0.1) is 11.8 Å². The van der Waals surface area contributed by atoms with E-state index in [0.717, 1.165) is 41.1 Å². The van der Waals surface area contributed by atoms with Crippen LogP contribution in [0.25, 0.3) is 11.0 Å². The van der Waals surface area contributed by atoms with Crippen molar-refractivity contribution in [3.8, 4) is 0 Å². The van der Waals surface area contributed by atoms with E-state index in [1.807, 2.05) is 6.07 Å². The Balaban J connectivity index is 1.12. The van der Waals surface area contributed by atoms with E-state index in [0.29, 0.717) is 41.3 Å². The molecule has 0 spiro atoms. The number of pyridine rings is 3. The first-order chi connectivity index (χ1) is 16.5. The summed E-state index contributed by atoms with van der Waals surface area (Å²) in [6.45, 7) is 2.92. The quantitative estimate of drug-likeness (QED) is 0.519. The molecule has 3 aliphatic heterocycles. The van der Waals surface area contributed by atoms with E-state index < -0.39 is 0 Å². The minimum atomic E-state index is -0.334. The zero-order valence-corrected chi connectivity index (χ0v) is 20.6. The second-order valence-corrected chi connectivity index (χ2v) is 10.8. The van der Waals surface area contributed by atoms with Crippen LogP contribution < -0.4 is 16.2 Å². The molecule has 2 N–H and O–H groups in total. The minimum Gasteiger partial charge on any atom is -0.366 e. The summed E-state index contributed by atoms with van der Waals surface area (Å²) >= 11 is 5.08. The summed E-state index contributed by atoms with van der Waals surface area (Å²) < 4.78 is 17.3. The maximum atomic E-state index is 14.7. The van der Waals surface area contributed by atoms with Crippen molar-refractivity contribution in [1.29, 1.82) is 0 Å². The van der Waals surface area contributed by atoms with E-state index in [1.165, 1.54) is 24.0 Å². The van der Waals surface area contributed by atoms with Crippen molar-refractivity contribution >= 4 is 56.3 Å². The topological polar surface area (TPSA) is 92.2 Å². The molecule has 3 aliphatic rings. The molecule has 0 aliphatic carbocycles. The summed E-state index contributed by atoms with van der Waals surface area (Å²) in [5.74, 6) is 1.30.